The summed E-state index contributed by atoms with van der Waals surface area (Å²) in [7, 11) is 6.16. The fraction of sp³-hybridized carbons (Fsp3) is 0.379. The summed E-state index contributed by atoms with van der Waals surface area (Å²) in [6.07, 6.45) is 3.19. The fourth-order valence-electron chi connectivity index (χ4n) is 5.16. The van der Waals surface area contributed by atoms with Crippen LogP contribution in [0.3, 0.4) is 0 Å². The summed E-state index contributed by atoms with van der Waals surface area (Å²) in [5.41, 5.74) is 2.25. The Morgan fingerprint density at radius 1 is 0.875 bits per heavy atom. The van der Waals surface area contributed by atoms with E-state index in [-0.39, 0.29) is 17.2 Å². The van der Waals surface area contributed by atoms with Crippen molar-refractivity contribution in [3.05, 3.63) is 66.1 Å². The van der Waals surface area contributed by atoms with Gasteiger partial charge in [0.2, 0.25) is 11.7 Å². The number of methoxy groups -OCH3 is 4. The lowest BCUT2D eigenvalue weighted by atomic mass is 10.1. The molecule has 1 aromatic heterocycles. The van der Waals surface area contributed by atoms with Crippen molar-refractivity contribution in [2.45, 2.75) is 11.4 Å². The van der Waals surface area contributed by atoms with Gasteiger partial charge in [-0.1, -0.05) is 0 Å². The van der Waals surface area contributed by atoms with E-state index in [4.69, 9.17) is 23.4 Å². The third kappa shape index (κ3) is 5.25. The van der Waals surface area contributed by atoms with E-state index in [2.05, 4.69) is 4.90 Å². The number of ether oxygens (including phenoxy) is 4. The summed E-state index contributed by atoms with van der Waals surface area (Å²) in [5.74, 6) is 2.05. The van der Waals surface area contributed by atoms with Gasteiger partial charge in [-0.3, -0.25) is 9.59 Å². The van der Waals surface area contributed by atoms with Gasteiger partial charge in [0.1, 0.15) is 17.2 Å². The van der Waals surface area contributed by atoms with Gasteiger partial charge in [-0.05, 0) is 42.5 Å². The average Bonchev–Trinajstić information content (AvgIpc) is 3.70. The Balaban J connectivity index is 1.38. The van der Waals surface area contributed by atoms with Crippen LogP contribution >= 0.6 is 11.8 Å². The van der Waals surface area contributed by atoms with Crippen LogP contribution in [0.15, 0.2) is 59.4 Å². The van der Waals surface area contributed by atoms with Crippen molar-refractivity contribution >= 4 is 29.3 Å². The Hall–Kier alpha value is -3.99. The minimum absolute atomic E-state index is 0.0614. The van der Waals surface area contributed by atoms with E-state index in [0.29, 0.717) is 54.7 Å². The van der Waals surface area contributed by atoms with E-state index in [0.717, 1.165) is 17.0 Å². The molecule has 2 aromatic carbocycles. The maximum absolute atomic E-state index is 14.1. The first kappa shape index (κ1) is 27.6. The molecule has 11 heteroatoms. The van der Waals surface area contributed by atoms with Gasteiger partial charge in [0.25, 0.3) is 5.91 Å². The highest BCUT2D eigenvalue weighted by Gasteiger charge is 2.45. The van der Waals surface area contributed by atoms with Gasteiger partial charge in [-0.2, -0.15) is 0 Å². The van der Waals surface area contributed by atoms with Crippen LogP contribution < -0.4 is 23.8 Å². The highest BCUT2D eigenvalue weighted by atomic mass is 32.2. The number of benzene rings is 2. The molecule has 0 aliphatic carbocycles. The quantitative estimate of drug-likeness (QED) is 0.402. The van der Waals surface area contributed by atoms with E-state index in [1.54, 1.807) is 48.4 Å². The number of carbonyl (C=O) groups is 2. The Labute approximate surface area is 237 Å². The number of amides is 2. The molecule has 2 atom stereocenters. The molecule has 0 saturated carbocycles. The first-order valence-corrected chi connectivity index (χ1v) is 14.0. The second kappa shape index (κ2) is 12.0. The molecule has 3 heterocycles. The fourth-order valence-corrected chi connectivity index (χ4v) is 6.56. The summed E-state index contributed by atoms with van der Waals surface area (Å²) < 4.78 is 27.0. The number of carbonyl (C=O) groups excluding carboxylic acids is 2. The number of rotatable bonds is 8. The van der Waals surface area contributed by atoms with Crippen LogP contribution in [0.1, 0.15) is 21.3 Å². The third-order valence-corrected chi connectivity index (χ3v) is 8.61. The van der Waals surface area contributed by atoms with E-state index in [9.17, 15) is 9.59 Å². The summed E-state index contributed by atoms with van der Waals surface area (Å²) >= 11 is 1.55. The largest absolute Gasteiger partial charge is 0.497 e. The molecule has 2 aliphatic heterocycles. The Morgan fingerprint density at radius 3 is 2.10 bits per heavy atom. The lowest BCUT2D eigenvalue weighted by Crippen LogP contribution is -2.55. The third-order valence-electron chi connectivity index (χ3n) is 7.29. The normalized spacial score (nSPS) is 18.9. The van der Waals surface area contributed by atoms with E-state index in [1.807, 2.05) is 35.2 Å². The molecule has 0 spiro atoms. The van der Waals surface area contributed by atoms with Gasteiger partial charge in [-0.25, -0.2) is 0 Å². The molecular formula is C29H33N3O7S. The zero-order chi connectivity index (χ0) is 28.2. The topological polar surface area (TPSA) is 93.9 Å². The predicted octanol–water partition coefficient (Wildman–Crippen LogP) is 3.92. The second-order valence-corrected chi connectivity index (χ2v) is 10.5. The lowest BCUT2D eigenvalue weighted by molar-refractivity contribution is -0.135. The van der Waals surface area contributed by atoms with Crippen molar-refractivity contribution in [1.29, 1.82) is 0 Å². The highest BCUT2D eigenvalue weighted by molar-refractivity contribution is 7.99. The van der Waals surface area contributed by atoms with E-state index < -0.39 is 6.04 Å². The van der Waals surface area contributed by atoms with Crippen LogP contribution in [0.2, 0.25) is 0 Å². The molecule has 2 unspecified atom stereocenters. The van der Waals surface area contributed by atoms with Crippen LogP contribution in [0.25, 0.3) is 0 Å². The van der Waals surface area contributed by atoms with Gasteiger partial charge >= 0.3 is 0 Å². The molecule has 10 nitrogen and oxygen atoms in total. The Kier molecular flexibility index (Phi) is 8.29. The van der Waals surface area contributed by atoms with E-state index in [1.165, 1.54) is 21.3 Å². The number of thioether (sulfide) groups is 1. The molecular weight excluding hydrogens is 534 g/mol. The van der Waals surface area contributed by atoms with Crippen LogP contribution in [0.4, 0.5) is 5.69 Å². The molecule has 3 aromatic rings. The number of hydrogen-bond acceptors (Lipinski definition) is 9. The van der Waals surface area contributed by atoms with Gasteiger partial charge in [-0.15, -0.1) is 11.8 Å². The van der Waals surface area contributed by atoms with Crippen molar-refractivity contribution in [2.24, 2.45) is 0 Å². The first-order valence-electron chi connectivity index (χ1n) is 12.9. The van der Waals surface area contributed by atoms with Crippen molar-refractivity contribution in [1.82, 2.24) is 9.80 Å². The zero-order valence-corrected chi connectivity index (χ0v) is 23.8. The highest BCUT2D eigenvalue weighted by Crippen LogP contribution is 2.45. The summed E-state index contributed by atoms with van der Waals surface area (Å²) in [6.45, 7) is 2.52. The minimum Gasteiger partial charge on any atom is -0.497 e. The zero-order valence-electron chi connectivity index (χ0n) is 23.0. The molecule has 2 saturated heterocycles. The van der Waals surface area contributed by atoms with Crippen molar-refractivity contribution in [2.75, 3.05) is 65.3 Å². The number of furan rings is 1. The van der Waals surface area contributed by atoms with Crippen molar-refractivity contribution in [3.8, 4) is 23.0 Å². The molecule has 40 heavy (non-hydrogen) atoms. The number of piperazine rings is 1. The molecule has 5 rings (SSSR count). The molecule has 2 amide bonds. The molecule has 2 aliphatic rings. The van der Waals surface area contributed by atoms with Gasteiger partial charge in [0, 0.05) is 48.7 Å². The number of nitrogens with zero attached hydrogens (tertiary/aromatic N) is 3. The van der Waals surface area contributed by atoms with Crippen molar-refractivity contribution < 1.29 is 33.0 Å². The Bertz CT molecular complexity index is 1300. The molecule has 212 valence electrons. The average molecular weight is 568 g/mol. The first-order chi connectivity index (χ1) is 19.5. The number of anilines is 1. The minimum atomic E-state index is -0.635. The molecule has 2 fully saturated rings. The van der Waals surface area contributed by atoms with Crippen LogP contribution in [0.5, 0.6) is 23.0 Å². The van der Waals surface area contributed by atoms with Gasteiger partial charge in [0.15, 0.2) is 11.5 Å². The standard InChI is InChI=1S/C29H33N3O7S/c1-35-22-7-5-21(6-8-22)30-10-12-31(13-11-30)28(34)23-18-40-29(19-9-14-39-17-19)32(23)27(33)20-15-24(36-2)26(38-4)25(16-20)37-3/h5-9,14-17,23,29H,10-13,18H2,1-4H3. The van der Waals surface area contributed by atoms with Crippen LogP contribution in [0, 0.1) is 0 Å². The molecule has 0 radical (unpaired) electrons. The van der Waals surface area contributed by atoms with Crippen LogP contribution in [-0.4, -0.2) is 88.0 Å². The SMILES string of the molecule is COc1ccc(N2CCN(C(=O)C3CSC(c4ccoc4)N3C(=O)c3cc(OC)c(OC)c(OC)c3)CC2)cc1. The predicted molar refractivity (Wildman–Crippen MR) is 152 cm³/mol. The Morgan fingerprint density at radius 2 is 1.55 bits per heavy atom. The maximum Gasteiger partial charge on any atom is 0.256 e. The summed E-state index contributed by atoms with van der Waals surface area (Å²) in [4.78, 5) is 33.8. The molecule has 0 N–H and O–H groups in total. The summed E-state index contributed by atoms with van der Waals surface area (Å²) in [5, 5.41) is -0.375. The number of hydrogen-bond donors (Lipinski definition) is 0. The smallest absolute Gasteiger partial charge is 0.256 e. The molecule has 0 bridgehead atoms. The van der Waals surface area contributed by atoms with Crippen molar-refractivity contribution in [3.63, 3.8) is 0 Å². The van der Waals surface area contributed by atoms with E-state index >= 15 is 0 Å². The van der Waals surface area contributed by atoms with Gasteiger partial charge in [0.05, 0.1) is 41.0 Å². The van der Waals surface area contributed by atoms with Gasteiger partial charge < -0.3 is 38.1 Å². The second-order valence-electron chi connectivity index (χ2n) is 9.39. The van der Waals surface area contributed by atoms with Crippen LogP contribution in [-0.2, 0) is 4.79 Å². The summed E-state index contributed by atoms with van der Waals surface area (Å²) in [6, 6.07) is 12.4. The lowest BCUT2D eigenvalue weighted by Gasteiger charge is -2.38. The maximum atomic E-state index is 14.1. The monoisotopic (exact) mass is 567 g/mol.